The minimum Gasteiger partial charge on any atom is -0.508 e. The Balaban J connectivity index is 2.49. The van der Waals surface area contributed by atoms with Crippen molar-refractivity contribution in [1.29, 1.82) is 0 Å². The van der Waals surface area contributed by atoms with Crippen LogP contribution < -0.4 is 5.73 Å². The van der Waals surface area contributed by atoms with Crippen LogP contribution in [0.15, 0.2) is 24.3 Å². The third-order valence-corrected chi connectivity index (χ3v) is 2.19. The molecule has 0 fully saturated rings. The minimum atomic E-state index is 0.193. The van der Waals surface area contributed by atoms with E-state index in [4.69, 9.17) is 5.73 Å². The standard InChI is InChI=1S/C10H12N4O/c1-2-14-10(11)9(12-13-14)7-4-3-5-8(15)6-7/h3-6,15H,2,11H2,1H3. The molecule has 0 spiro atoms. The summed E-state index contributed by atoms with van der Waals surface area (Å²) in [5.74, 6) is 0.709. The maximum Gasteiger partial charge on any atom is 0.150 e. The van der Waals surface area contributed by atoms with E-state index < -0.39 is 0 Å². The normalized spacial score (nSPS) is 10.5. The topological polar surface area (TPSA) is 77.0 Å². The van der Waals surface area contributed by atoms with E-state index in [1.807, 2.05) is 13.0 Å². The van der Waals surface area contributed by atoms with Crippen molar-refractivity contribution in [3.8, 4) is 17.0 Å². The fourth-order valence-electron chi connectivity index (χ4n) is 1.41. The fourth-order valence-corrected chi connectivity index (χ4v) is 1.41. The maximum absolute atomic E-state index is 9.33. The Morgan fingerprint density at radius 1 is 1.47 bits per heavy atom. The largest absolute Gasteiger partial charge is 0.508 e. The van der Waals surface area contributed by atoms with Gasteiger partial charge >= 0.3 is 0 Å². The SMILES string of the molecule is CCn1nnc(-c2cccc(O)c2)c1N. The zero-order valence-electron chi connectivity index (χ0n) is 8.38. The molecule has 0 saturated carbocycles. The van der Waals surface area contributed by atoms with Crippen LogP contribution in [0.5, 0.6) is 5.75 Å². The first kappa shape index (κ1) is 9.51. The number of benzene rings is 1. The number of nitrogen functional groups attached to an aromatic ring is 1. The molecule has 1 aromatic carbocycles. The summed E-state index contributed by atoms with van der Waals surface area (Å²) >= 11 is 0. The number of aromatic nitrogens is 3. The molecule has 1 heterocycles. The Morgan fingerprint density at radius 3 is 2.87 bits per heavy atom. The summed E-state index contributed by atoms with van der Waals surface area (Å²) in [4.78, 5) is 0. The van der Waals surface area contributed by atoms with Crippen LogP contribution in [-0.4, -0.2) is 20.1 Å². The van der Waals surface area contributed by atoms with Crippen molar-refractivity contribution in [3.63, 3.8) is 0 Å². The molecular weight excluding hydrogens is 192 g/mol. The second kappa shape index (κ2) is 3.61. The van der Waals surface area contributed by atoms with Crippen LogP contribution in [-0.2, 0) is 6.54 Å². The highest BCUT2D eigenvalue weighted by molar-refractivity contribution is 5.70. The molecule has 0 saturated heterocycles. The molecule has 5 nitrogen and oxygen atoms in total. The van der Waals surface area contributed by atoms with Crippen LogP contribution in [0.2, 0.25) is 0 Å². The second-order valence-electron chi connectivity index (χ2n) is 3.19. The van der Waals surface area contributed by atoms with E-state index in [1.165, 1.54) is 0 Å². The molecule has 0 amide bonds. The van der Waals surface area contributed by atoms with Crippen LogP contribution in [0.4, 0.5) is 5.82 Å². The minimum absolute atomic E-state index is 0.193. The van der Waals surface area contributed by atoms with E-state index in [1.54, 1.807) is 22.9 Å². The van der Waals surface area contributed by atoms with Crippen molar-refractivity contribution >= 4 is 5.82 Å². The number of rotatable bonds is 2. The van der Waals surface area contributed by atoms with Crippen molar-refractivity contribution in [2.45, 2.75) is 13.5 Å². The Hall–Kier alpha value is -2.04. The number of phenolic OH excluding ortho intramolecular Hbond substituents is 1. The van der Waals surface area contributed by atoms with Gasteiger partial charge < -0.3 is 10.8 Å². The molecular formula is C10H12N4O. The average molecular weight is 204 g/mol. The average Bonchev–Trinajstić information content (AvgIpc) is 2.59. The molecule has 5 heteroatoms. The number of hydrogen-bond donors (Lipinski definition) is 2. The van der Waals surface area contributed by atoms with Gasteiger partial charge in [-0.15, -0.1) is 5.10 Å². The van der Waals surface area contributed by atoms with E-state index in [2.05, 4.69) is 10.3 Å². The van der Waals surface area contributed by atoms with Gasteiger partial charge in [0.15, 0.2) is 0 Å². The summed E-state index contributed by atoms with van der Waals surface area (Å²) in [6.45, 7) is 2.62. The quantitative estimate of drug-likeness (QED) is 0.771. The van der Waals surface area contributed by atoms with Crippen molar-refractivity contribution in [1.82, 2.24) is 15.0 Å². The lowest BCUT2D eigenvalue weighted by molar-refractivity contribution is 0.475. The summed E-state index contributed by atoms with van der Waals surface area (Å²) in [5, 5.41) is 17.2. The number of aromatic hydroxyl groups is 1. The third-order valence-electron chi connectivity index (χ3n) is 2.19. The molecule has 1 aromatic heterocycles. The second-order valence-corrected chi connectivity index (χ2v) is 3.19. The van der Waals surface area contributed by atoms with Crippen LogP contribution in [0.1, 0.15) is 6.92 Å². The first-order chi connectivity index (χ1) is 7.22. The van der Waals surface area contributed by atoms with Crippen LogP contribution in [0, 0.1) is 0 Å². The van der Waals surface area contributed by atoms with E-state index in [9.17, 15) is 5.11 Å². The number of nitrogens with zero attached hydrogens (tertiary/aromatic N) is 3. The highest BCUT2D eigenvalue weighted by Crippen LogP contribution is 2.25. The number of nitrogens with two attached hydrogens (primary N) is 1. The van der Waals surface area contributed by atoms with Gasteiger partial charge in [-0.25, -0.2) is 4.68 Å². The van der Waals surface area contributed by atoms with E-state index in [-0.39, 0.29) is 5.75 Å². The highest BCUT2D eigenvalue weighted by Gasteiger charge is 2.10. The molecule has 15 heavy (non-hydrogen) atoms. The van der Waals surface area contributed by atoms with Gasteiger partial charge in [0.1, 0.15) is 17.3 Å². The number of hydrogen-bond acceptors (Lipinski definition) is 4. The first-order valence-electron chi connectivity index (χ1n) is 4.70. The lowest BCUT2D eigenvalue weighted by Gasteiger charge is -2.00. The predicted octanol–water partition coefficient (Wildman–Crippen LogP) is 1.25. The molecule has 0 aliphatic carbocycles. The van der Waals surface area contributed by atoms with Gasteiger partial charge in [0.25, 0.3) is 0 Å². The van der Waals surface area contributed by atoms with Gasteiger partial charge in [-0.2, -0.15) is 0 Å². The van der Waals surface area contributed by atoms with Crippen molar-refractivity contribution in [2.24, 2.45) is 0 Å². The molecule has 0 atom stereocenters. The molecule has 0 aliphatic rings. The lowest BCUT2D eigenvalue weighted by Crippen LogP contribution is -2.02. The summed E-state index contributed by atoms with van der Waals surface area (Å²) in [5.41, 5.74) is 7.23. The van der Waals surface area contributed by atoms with Crippen molar-refractivity contribution in [2.75, 3.05) is 5.73 Å². The maximum atomic E-state index is 9.33. The van der Waals surface area contributed by atoms with Gasteiger partial charge in [-0.05, 0) is 19.1 Å². The van der Waals surface area contributed by atoms with Crippen LogP contribution in [0.25, 0.3) is 11.3 Å². The van der Waals surface area contributed by atoms with Gasteiger partial charge in [0.2, 0.25) is 0 Å². The molecule has 0 radical (unpaired) electrons. The van der Waals surface area contributed by atoms with Gasteiger partial charge in [0.05, 0.1) is 0 Å². The van der Waals surface area contributed by atoms with Crippen LogP contribution in [0.3, 0.4) is 0 Å². The van der Waals surface area contributed by atoms with E-state index in [0.29, 0.717) is 18.1 Å². The van der Waals surface area contributed by atoms with Gasteiger partial charge in [-0.1, -0.05) is 17.3 Å². The Morgan fingerprint density at radius 2 is 2.27 bits per heavy atom. The van der Waals surface area contributed by atoms with Crippen molar-refractivity contribution < 1.29 is 5.11 Å². The molecule has 0 unspecified atom stereocenters. The zero-order valence-corrected chi connectivity index (χ0v) is 8.38. The monoisotopic (exact) mass is 204 g/mol. The number of anilines is 1. The Labute approximate surface area is 87.1 Å². The first-order valence-corrected chi connectivity index (χ1v) is 4.70. The van der Waals surface area contributed by atoms with E-state index >= 15 is 0 Å². The molecule has 3 N–H and O–H groups in total. The smallest absolute Gasteiger partial charge is 0.150 e. The van der Waals surface area contributed by atoms with Crippen LogP contribution >= 0.6 is 0 Å². The number of aryl methyl sites for hydroxylation is 1. The van der Waals surface area contributed by atoms with Gasteiger partial charge in [-0.3, -0.25) is 0 Å². The predicted molar refractivity (Wildman–Crippen MR) is 57.2 cm³/mol. The third kappa shape index (κ3) is 1.63. The summed E-state index contributed by atoms with van der Waals surface area (Å²) in [6, 6.07) is 6.79. The Kier molecular flexibility index (Phi) is 2.29. The lowest BCUT2D eigenvalue weighted by atomic mass is 10.1. The van der Waals surface area contributed by atoms with Gasteiger partial charge in [0, 0.05) is 12.1 Å². The Bertz CT molecular complexity index is 478. The summed E-state index contributed by atoms with van der Waals surface area (Å²) in [6.07, 6.45) is 0. The number of phenols is 1. The molecule has 78 valence electrons. The molecule has 2 aromatic rings. The molecule has 0 aliphatic heterocycles. The summed E-state index contributed by atoms with van der Waals surface area (Å²) in [7, 11) is 0. The van der Waals surface area contributed by atoms with Crippen molar-refractivity contribution in [3.05, 3.63) is 24.3 Å². The fraction of sp³-hybridized carbons (Fsp3) is 0.200. The zero-order chi connectivity index (χ0) is 10.8. The summed E-state index contributed by atoms with van der Waals surface area (Å²) < 4.78 is 1.61. The highest BCUT2D eigenvalue weighted by atomic mass is 16.3. The van der Waals surface area contributed by atoms with E-state index in [0.717, 1.165) is 5.56 Å². The molecule has 2 rings (SSSR count). The molecule has 0 bridgehead atoms.